The van der Waals surface area contributed by atoms with E-state index in [1.165, 1.54) is 27.9 Å². The van der Waals surface area contributed by atoms with E-state index in [0.717, 1.165) is 16.8 Å². The molecule has 0 saturated carbocycles. The van der Waals surface area contributed by atoms with Crippen LogP contribution in [-0.4, -0.2) is 31.2 Å². The van der Waals surface area contributed by atoms with E-state index in [-0.39, 0.29) is 22.6 Å². The average Bonchev–Trinajstić information content (AvgIpc) is 3.13. The van der Waals surface area contributed by atoms with Crippen LogP contribution < -0.4 is 10.9 Å². The molecule has 164 valence electrons. The lowest BCUT2D eigenvalue weighted by Gasteiger charge is -2.19. The third-order valence-electron chi connectivity index (χ3n) is 5.09. The molecule has 4 aromatic rings. The first-order chi connectivity index (χ1) is 15.2. The van der Waals surface area contributed by atoms with Crippen LogP contribution in [0.3, 0.4) is 0 Å². The van der Waals surface area contributed by atoms with E-state index in [0.29, 0.717) is 16.6 Å². The van der Waals surface area contributed by atoms with Crippen molar-refractivity contribution in [3.05, 3.63) is 76.1 Å². The van der Waals surface area contributed by atoms with Crippen molar-refractivity contribution in [3.63, 3.8) is 0 Å². The summed E-state index contributed by atoms with van der Waals surface area (Å²) in [6.45, 7) is 8.42. The quantitative estimate of drug-likeness (QED) is 0.442. The van der Waals surface area contributed by atoms with Gasteiger partial charge in [0.25, 0.3) is 5.56 Å². The van der Waals surface area contributed by atoms with Crippen molar-refractivity contribution in [2.45, 2.75) is 38.3 Å². The second-order valence-corrected chi connectivity index (χ2v) is 9.57. The molecule has 8 heteroatoms. The monoisotopic (exact) mass is 447 g/mol. The SMILES string of the molecule is Cc1ccccc1NC(=O)CSc1nc(-c2ccc(C(C)(C)C)cc2)nc2cc(=O)[nH]n12. The molecule has 7 nitrogen and oxygen atoms in total. The van der Waals surface area contributed by atoms with Crippen molar-refractivity contribution in [2.75, 3.05) is 11.1 Å². The van der Waals surface area contributed by atoms with Crippen LogP contribution >= 0.6 is 11.8 Å². The zero-order chi connectivity index (χ0) is 22.9. The maximum absolute atomic E-state index is 12.5. The summed E-state index contributed by atoms with van der Waals surface area (Å²) in [5, 5.41) is 6.11. The molecule has 0 fully saturated rings. The second-order valence-electron chi connectivity index (χ2n) is 8.62. The van der Waals surface area contributed by atoms with Gasteiger partial charge in [-0.3, -0.25) is 14.7 Å². The molecule has 0 atom stereocenters. The van der Waals surface area contributed by atoms with Crippen molar-refractivity contribution in [1.29, 1.82) is 0 Å². The number of amides is 1. The van der Waals surface area contributed by atoms with Gasteiger partial charge in [0, 0.05) is 17.3 Å². The topological polar surface area (TPSA) is 92.2 Å². The van der Waals surface area contributed by atoms with Crippen molar-refractivity contribution in [2.24, 2.45) is 0 Å². The molecule has 1 amide bonds. The largest absolute Gasteiger partial charge is 0.325 e. The number of benzene rings is 2. The maximum Gasteiger partial charge on any atom is 0.266 e. The first-order valence-electron chi connectivity index (χ1n) is 10.3. The summed E-state index contributed by atoms with van der Waals surface area (Å²) in [5.41, 5.74) is 4.06. The minimum Gasteiger partial charge on any atom is -0.325 e. The van der Waals surface area contributed by atoms with Crippen molar-refractivity contribution >= 4 is 29.0 Å². The molecule has 32 heavy (non-hydrogen) atoms. The fraction of sp³-hybridized carbons (Fsp3) is 0.250. The molecule has 2 heterocycles. The molecule has 2 N–H and O–H groups in total. The number of para-hydroxylation sites is 1. The number of aryl methyl sites for hydroxylation is 1. The van der Waals surface area contributed by atoms with E-state index < -0.39 is 0 Å². The lowest BCUT2D eigenvalue weighted by atomic mass is 9.87. The highest BCUT2D eigenvalue weighted by Crippen LogP contribution is 2.26. The van der Waals surface area contributed by atoms with Crippen LogP contribution in [-0.2, 0) is 10.2 Å². The van der Waals surface area contributed by atoms with Crippen LogP contribution in [0.2, 0.25) is 0 Å². The van der Waals surface area contributed by atoms with Gasteiger partial charge in [0.1, 0.15) is 0 Å². The molecule has 2 aromatic carbocycles. The predicted molar refractivity (Wildman–Crippen MR) is 128 cm³/mol. The minimum absolute atomic E-state index is 0.0444. The number of rotatable bonds is 5. The van der Waals surface area contributed by atoms with Crippen LogP contribution in [0.1, 0.15) is 31.9 Å². The number of aromatic nitrogens is 4. The van der Waals surface area contributed by atoms with Crippen molar-refractivity contribution in [1.82, 2.24) is 19.6 Å². The van der Waals surface area contributed by atoms with E-state index in [9.17, 15) is 9.59 Å². The predicted octanol–water partition coefficient (Wildman–Crippen LogP) is 4.42. The van der Waals surface area contributed by atoms with Gasteiger partial charge in [-0.25, -0.2) is 14.5 Å². The van der Waals surface area contributed by atoms with Gasteiger partial charge >= 0.3 is 0 Å². The Morgan fingerprint density at radius 1 is 1.09 bits per heavy atom. The van der Waals surface area contributed by atoms with E-state index in [1.54, 1.807) is 0 Å². The molecule has 0 spiro atoms. The number of nitrogens with one attached hydrogen (secondary N) is 2. The standard InChI is InChI=1S/C24H25N5O2S/c1-15-7-5-6-8-18(15)25-21(31)14-32-23-27-22(26-19-13-20(30)28-29(19)23)16-9-11-17(12-10-16)24(2,3)4/h5-13H,14H2,1-4H3,(H,25,31)(H,28,30). The minimum atomic E-state index is -0.272. The summed E-state index contributed by atoms with van der Waals surface area (Å²) in [6.07, 6.45) is 0. The van der Waals surface area contributed by atoms with E-state index >= 15 is 0 Å². The third-order valence-corrected chi connectivity index (χ3v) is 6.02. The zero-order valence-corrected chi connectivity index (χ0v) is 19.3. The molecule has 4 rings (SSSR count). The molecule has 0 unspecified atom stereocenters. The van der Waals surface area contributed by atoms with Crippen LogP contribution in [0.25, 0.3) is 17.0 Å². The van der Waals surface area contributed by atoms with Gasteiger partial charge in [-0.15, -0.1) is 0 Å². The van der Waals surface area contributed by atoms with Crippen molar-refractivity contribution in [3.8, 4) is 11.4 Å². The smallest absolute Gasteiger partial charge is 0.266 e. The molecule has 0 bridgehead atoms. The summed E-state index contributed by atoms with van der Waals surface area (Å²) in [6, 6.07) is 17.1. The molecule has 0 aliphatic rings. The molecule has 0 aliphatic carbocycles. The number of nitrogens with zero attached hydrogens (tertiary/aromatic N) is 3. The number of aromatic amines is 1. The highest BCUT2D eigenvalue weighted by molar-refractivity contribution is 7.99. The van der Waals surface area contributed by atoms with Crippen LogP contribution in [0.5, 0.6) is 0 Å². The number of anilines is 1. The normalized spacial score (nSPS) is 11.6. The zero-order valence-electron chi connectivity index (χ0n) is 18.5. The molecule has 0 radical (unpaired) electrons. The lowest BCUT2D eigenvalue weighted by Crippen LogP contribution is -2.15. The summed E-state index contributed by atoms with van der Waals surface area (Å²) in [7, 11) is 0. The maximum atomic E-state index is 12.5. The Balaban J connectivity index is 1.60. The summed E-state index contributed by atoms with van der Waals surface area (Å²) in [5.74, 6) is 0.496. The fourth-order valence-electron chi connectivity index (χ4n) is 3.26. The van der Waals surface area contributed by atoms with Gasteiger partial charge in [-0.1, -0.05) is 75.0 Å². The van der Waals surface area contributed by atoms with Crippen LogP contribution in [0, 0.1) is 6.92 Å². The highest BCUT2D eigenvalue weighted by Gasteiger charge is 2.16. The summed E-state index contributed by atoms with van der Waals surface area (Å²) in [4.78, 5) is 33.6. The van der Waals surface area contributed by atoms with Gasteiger partial charge in [0.2, 0.25) is 5.91 Å². The fourth-order valence-corrected chi connectivity index (χ4v) is 4.01. The molecule has 2 aromatic heterocycles. The first-order valence-corrected chi connectivity index (χ1v) is 11.3. The Hall–Kier alpha value is -3.39. The third kappa shape index (κ3) is 4.75. The van der Waals surface area contributed by atoms with Crippen molar-refractivity contribution < 1.29 is 4.79 Å². The molecular weight excluding hydrogens is 422 g/mol. The summed E-state index contributed by atoms with van der Waals surface area (Å²) < 4.78 is 1.51. The van der Waals surface area contributed by atoms with Crippen LogP contribution in [0.4, 0.5) is 5.69 Å². The highest BCUT2D eigenvalue weighted by atomic mass is 32.2. The molecular formula is C24H25N5O2S. The number of thioether (sulfide) groups is 1. The number of hydrogen-bond donors (Lipinski definition) is 2. The Morgan fingerprint density at radius 3 is 2.50 bits per heavy atom. The number of hydrogen-bond acceptors (Lipinski definition) is 5. The Kier molecular flexibility index (Phi) is 5.88. The lowest BCUT2D eigenvalue weighted by molar-refractivity contribution is -0.113. The van der Waals surface area contributed by atoms with Gasteiger partial charge in [0.05, 0.1) is 5.75 Å². The van der Waals surface area contributed by atoms with E-state index in [2.05, 4.69) is 53.3 Å². The molecule has 0 saturated heterocycles. The van der Waals surface area contributed by atoms with Gasteiger partial charge in [-0.05, 0) is 29.5 Å². The number of carbonyl (C=O) groups excluding carboxylic acids is 1. The Labute approximate surface area is 190 Å². The number of carbonyl (C=O) groups is 1. The average molecular weight is 448 g/mol. The van der Waals surface area contributed by atoms with E-state index in [4.69, 9.17) is 0 Å². The van der Waals surface area contributed by atoms with Gasteiger partial charge in [0.15, 0.2) is 16.6 Å². The van der Waals surface area contributed by atoms with Crippen LogP contribution in [0.15, 0.2) is 64.5 Å². The van der Waals surface area contributed by atoms with E-state index in [1.807, 2.05) is 43.3 Å². The second kappa shape index (κ2) is 8.63. The van der Waals surface area contributed by atoms with Gasteiger partial charge in [-0.2, -0.15) is 0 Å². The molecule has 0 aliphatic heterocycles. The Bertz CT molecular complexity index is 1330. The number of H-pyrrole nitrogens is 1. The summed E-state index contributed by atoms with van der Waals surface area (Å²) >= 11 is 1.24. The number of fused-ring (bicyclic) bond motifs is 1. The first kappa shape index (κ1) is 21.8. The van der Waals surface area contributed by atoms with Gasteiger partial charge < -0.3 is 5.32 Å². The Morgan fingerprint density at radius 2 is 1.81 bits per heavy atom.